The van der Waals surface area contributed by atoms with Crippen LogP contribution in [0.25, 0.3) is 11.0 Å². The second-order valence-corrected chi connectivity index (χ2v) is 9.28. The molecule has 0 fully saturated rings. The molecule has 32 heavy (non-hydrogen) atoms. The van der Waals surface area contributed by atoms with E-state index in [1.165, 1.54) is 0 Å². The standard InChI is InChI=1S/C22H30N6O3S/c1-14(2)25-20-18-12-24-28(21(18)27-22(26-20)32-15(3)4)11-10-23-19(29)13-31-17-8-6-16(30-5)7-9-17/h6-9,12,14-15H,10-11,13H2,1-5H3,(H,23,29)(H,25,26,27). The Balaban J connectivity index is 1.60. The van der Waals surface area contributed by atoms with E-state index in [1.807, 2.05) is 0 Å². The van der Waals surface area contributed by atoms with Gasteiger partial charge in [-0.25, -0.2) is 14.6 Å². The van der Waals surface area contributed by atoms with Crippen molar-refractivity contribution in [1.29, 1.82) is 0 Å². The molecule has 2 heterocycles. The van der Waals surface area contributed by atoms with Gasteiger partial charge in [-0.05, 0) is 38.1 Å². The fraction of sp³-hybridized carbons (Fsp3) is 0.455. The second kappa shape index (κ2) is 11.0. The average molecular weight is 459 g/mol. The molecule has 3 aromatic rings. The molecule has 0 aliphatic carbocycles. The van der Waals surface area contributed by atoms with Crippen LogP contribution >= 0.6 is 11.8 Å². The van der Waals surface area contributed by atoms with Crippen molar-refractivity contribution in [3.63, 3.8) is 0 Å². The molecule has 172 valence electrons. The Morgan fingerprint density at radius 1 is 1.12 bits per heavy atom. The molecule has 9 nitrogen and oxygen atoms in total. The number of hydrogen-bond acceptors (Lipinski definition) is 8. The molecule has 0 atom stereocenters. The van der Waals surface area contributed by atoms with Crippen molar-refractivity contribution in [2.45, 2.75) is 50.7 Å². The molecule has 1 aromatic carbocycles. The second-order valence-electron chi connectivity index (χ2n) is 7.74. The number of nitrogens with one attached hydrogen (secondary N) is 2. The number of aromatic nitrogens is 4. The van der Waals surface area contributed by atoms with Crippen molar-refractivity contribution in [1.82, 2.24) is 25.1 Å². The predicted octanol–water partition coefficient (Wildman–Crippen LogP) is 3.35. The lowest BCUT2D eigenvalue weighted by Crippen LogP contribution is -2.31. The summed E-state index contributed by atoms with van der Waals surface area (Å²) in [5.74, 6) is 1.91. The molecule has 3 rings (SSSR count). The minimum Gasteiger partial charge on any atom is -0.497 e. The third kappa shape index (κ3) is 6.49. The van der Waals surface area contributed by atoms with Gasteiger partial charge in [0.25, 0.3) is 5.91 Å². The molecule has 0 saturated heterocycles. The van der Waals surface area contributed by atoms with E-state index < -0.39 is 0 Å². The number of methoxy groups -OCH3 is 1. The number of carbonyl (C=O) groups is 1. The van der Waals surface area contributed by atoms with E-state index in [0.717, 1.165) is 22.6 Å². The third-order valence-corrected chi connectivity index (χ3v) is 5.18. The van der Waals surface area contributed by atoms with Crippen molar-refractivity contribution in [3.8, 4) is 11.5 Å². The lowest BCUT2D eigenvalue weighted by Gasteiger charge is -2.13. The van der Waals surface area contributed by atoms with E-state index in [2.05, 4.69) is 48.4 Å². The van der Waals surface area contributed by atoms with Crippen LogP contribution in [0.5, 0.6) is 11.5 Å². The van der Waals surface area contributed by atoms with Gasteiger partial charge in [0.1, 0.15) is 17.3 Å². The highest BCUT2D eigenvalue weighted by Crippen LogP contribution is 2.26. The number of thioether (sulfide) groups is 1. The zero-order valence-corrected chi connectivity index (χ0v) is 19.9. The average Bonchev–Trinajstić information content (AvgIpc) is 3.15. The van der Waals surface area contributed by atoms with Crippen LogP contribution < -0.4 is 20.1 Å². The van der Waals surface area contributed by atoms with Crippen LogP contribution in [0.3, 0.4) is 0 Å². The number of ether oxygens (including phenoxy) is 2. The maximum Gasteiger partial charge on any atom is 0.258 e. The van der Waals surface area contributed by atoms with Crippen LogP contribution in [-0.2, 0) is 11.3 Å². The number of amides is 1. The first kappa shape index (κ1) is 23.6. The largest absolute Gasteiger partial charge is 0.497 e. The Kier molecular flexibility index (Phi) is 8.15. The summed E-state index contributed by atoms with van der Waals surface area (Å²) in [6, 6.07) is 7.32. The molecule has 0 saturated carbocycles. The van der Waals surface area contributed by atoms with Gasteiger partial charge >= 0.3 is 0 Å². The van der Waals surface area contributed by atoms with Crippen LogP contribution in [0.2, 0.25) is 0 Å². The number of carbonyl (C=O) groups excluding carboxylic acids is 1. The number of nitrogens with zero attached hydrogens (tertiary/aromatic N) is 4. The highest BCUT2D eigenvalue weighted by Gasteiger charge is 2.15. The summed E-state index contributed by atoms with van der Waals surface area (Å²) < 4.78 is 12.4. The summed E-state index contributed by atoms with van der Waals surface area (Å²) in [4.78, 5) is 21.5. The minimum atomic E-state index is -0.204. The Morgan fingerprint density at radius 2 is 1.84 bits per heavy atom. The highest BCUT2D eigenvalue weighted by atomic mass is 32.2. The molecular formula is C22H30N6O3S. The lowest BCUT2D eigenvalue weighted by atomic mass is 10.3. The van der Waals surface area contributed by atoms with E-state index in [4.69, 9.17) is 14.5 Å². The lowest BCUT2D eigenvalue weighted by molar-refractivity contribution is -0.123. The predicted molar refractivity (Wildman–Crippen MR) is 127 cm³/mol. The molecule has 2 N–H and O–H groups in total. The SMILES string of the molecule is COc1ccc(OCC(=O)NCCn2ncc3c(NC(C)C)nc(SC(C)C)nc32)cc1. The summed E-state index contributed by atoms with van der Waals surface area (Å²) in [6.07, 6.45) is 1.76. The van der Waals surface area contributed by atoms with Crippen molar-refractivity contribution in [2.75, 3.05) is 25.6 Å². The van der Waals surface area contributed by atoms with Gasteiger partial charge in [-0.3, -0.25) is 4.79 Å². The van der Waals surface area contributed by atoms with Gasteiger partial charge in [0.2, 0.25) is 0 Å². The van der Waals surface area contributed by atoms with E-state index in [0.29, 0.717) is 29.2 Å². The number of anilines is 1. The molecule has 1 amide bonds. The van der Waals surface area contributed by atoms with Gasteiger partial charge in [-0.2, -0.15) is 5.10 Å². The molecule has 10 heteroatoms. The molecule has 0 spiro atoms. The van der Waals surface area contributed by atoms with E-state index >= 15 is 0 Å². The fourth-order valence-electron chi connectivity index (χ4n) is 2.92. The summed E-state index contributed by atoms with van der Waals surface area (Å²) >= 11 is 1.60. The fourth-order valence-corrected chi connectivity index (χ4v) is 3.62. The van der Waals surface area contributed by atoms with Gasteiger partial charge in [-0.1, -0.05) is 25.6 Å². The zero-order valence-electron chi connectivity index (χ0n) is 19.1. The first-order valence-corrected chi connectivity index (χ1v) is 11.4. The zero-order chi connectivity index (χ0) is 23.1. The monoisotopic (exact) mass is 458 g/mol. The minimum absolute atomic E-state index is 0.0635. The van der Waals surface area contributed by atoms with Gasteiger partial charge in [0.15, 0.2) is 17.4 Å². The van der Waals surface area contributed by atoms with Crippen molar-refractivity contribution < 1.29 is 14.3 Å². The maximum absolute atomic E-state index is 12.2. The van der Waals surface area contributed by atoms with Crippen LogP contribution in [0.4, 0.5) is 5.82 Å². The first-order valence-electron chi connectivity index (χ1n) is 10.6. The summed E-state index contributed by atoms with van der Waals surface area (Å²) in [5.41, 5.74) is 0.745. The Labute approximate surface area is 192 Å². The van der Waals surface area contributed by atoms with Crippen molar-refractivity contribution >= 4 is 34.5 Å². The van der Waals surface area contributed by atoms with Crippen LogP contribution in [-0.4, -0.2) is 57.2 Å². The molecule has 0 bridgehead atoms. The maximum atomic E-state index is 12.2. The van der Waals surface area contributed by atoms with Gasteiger partial charge in [-0.15, -0.1) is 0 Å². The van der Waals surface area contributed by atoms with E-state index in [-0.39, 0.29) is 18.6 Å². The quantitative estimate of drug-likeness (QED) is 0.333. The van der Waals surface area contributed by atoms with Crippen LogP contribution in [0.1, 0.15) is 27.7 Å². The Bertz CT molecular complexity index is 1040. The topological polar surface area (TPSA) is 103 Å². The van der Waals surface area contributed by atoms with Gasteiger partial charge in [0.05, 0.1) is 25.2 Å². The van der Waals surface area contributed by atoms with E-state index in [1.54, 1.807) is 54.0 Å². The molecule has 2 aromatic heterocycles. The van der Waals surface area contributed by atoms with Crippen molar-refractivity contribution in [2.24, 2.45) is 0 Å². The molecule has 0 unspecified atom stereocenters. The van der Waals surface area contributed by atoms with Crippen LogP contribution in [0.15, 0.2) is 35.6 Å². The summed E-state index contributed by atoms with van der Waals surface area (Å²) in [5, 5.41) is 12.6. The van der Waals surface area contributed by atoms with E-state index in [9.17, 15) is 4.79 Å². The molecule has 0 aliphatic rings. The molecule has 0 radical (unpaired) electrons. The third-order valence-electron chi connectivity index (χ3n) is 4.32. The smallest absolute Gasteiger partial charge is 0.258 e. The molecule has 0 aliphatic heterocycles. The normalized spacial score (nSPS) is 11.2. The van der Waals surface area contributed by atoms with Gasteiger partial charge < -0.3 is 20.1 Å². The summed E-state index contributed by atoms with van der Waals surface area (Å²) in [7, 11) is 1.60. The molecular weight excluding hydrogens is 428 g/mol. The first-order chi connectivity index (χ1) is 15.4. The number of hydrogen-bond donors (Lipinski definition) is 2. The summed E-state index contributed by atoms with van der Waals surface area (Å²) in [6.45, 7) is 9.18. The Morgan fingerprint density at radius 3 is 2.50 bits per heavy atom. The highest BCUT2D eigenvalue weighted by molar-refractivity contribution is 7.99. The van der Waals surface area contributed by atoms with Crippen LogP contribution in [0, 0.1) is 0 Å². The number of rotatable bonds is 11. The van der Waals surface area contributed by atoms with Crippen molar-refractivity contribution in [3.05, 3.63) is 30.5 Å². The number of benzene rings is 1. The van der Waals surface area contributed by atoms with Gasteiger partial charge in [0, 0.05) is 17.8 Å². The number of fused-ring (bicyclic) bond motifs is 1. The Hall–Kier alpha value is -3.01.